The fourth-order valence-corrected chi connectivity index (χ4v) is 3.12. The van der Waals surface area contributed by atoms with Crippen LogP contribution in [0.5, 0.6) is 0 Å². The molecule has 0 radical (unpaired) electrons. The van der Waals surface area contributed by atoms with E-state index in [1.165, 1.54) is 47.0 Å². The lowest BCUT2D eigenvalue weighted by Crippen LogP contribution is -2.28. The summed E-state index contributed by atoms with van der Waals surface area (Å²) in [4.78, 5) is 3.62. The van der Waals surface area contributed by atoms with E-state index in [1.54, 1.807) is 7.11 Å². The normalized spacial score (nSPS) is 18.7. The molecule has 0 saturated carbocycles. The summed E-state index contributed by atoms with van der Waals surface area (Å²) in [7, 11) is 1.75. The summed E-state index contributed by atoms with van der Waals surface area (Å²) in [5.74, 6) is 0. The number of nitrogens with one attached hydrogen (secondary N) is 2. The maximum Gasteiger partial charge on any atom is 0.0587 e. The first-order valence-corrected chi connectivity index (χ1v) is 7.13. The molecule has 1 aromatic carbocycles. The molecule has 3 rings (SSSR count). The third-order valence-electron chi connectivity index (χ3n) is 4.06. The van der Waals surface area contributed by atoms with Gasteiger partial charge in [0.2, 0.25) is 0 Å². The summed E-state index contributed by atoms with van der Waals surface area (Å²) >= 11 is 0. The summed E-state index contributed by atoms with van der Waals surface area (Å²) in [6, 6.07) is 7.14. The van der Waals surface area contributed by atoms with Crippen molar-refractivity contribution in [3.8, 4) is 0 Å². The molecule has 0 spiro atoms. The Balaban J connectivity index is 1.93. The second-order valence-corrected chi connectivity index (χ2v) is 5.46. The second kappa shape index (κ2) is 5.35. The molecule has 1 aliphatic rings. The second-order valence-electron chi connectivity index (χ2n) is 5.46. The highest BCUT2D eigenvalue weighted by Gasteiger charge is 2.23. The Morgan fingerprint density at radius 2 is 2.32 bits per heavy atom. The fraction of sp³-hybridized carbons (Fsp3) is 0.500. The molecule has 19 heavy (non-hydrogen) atoms. The molecule has 0 unspecified atom stereocenters. The molecule has 1 heterocycles. The first-order valence-electron chi connectivity index (χ1n) is 7.13. The Kier molecular flexibility index (Phi) is 3.58. The number of methoxy groups -OCH3 is 1. The molecule has 1 atom stereocenters. The molecule has 0 amide bonds. The van der Waals surface area contributed by atoms with Gasteiger partial charge in [0.1, 0.15) is 0 Å². The van der Waals surface area contributed by atoms with Crippen LogP contribution in [-0.4, -0.2) is 25.2 Å². The zero-order chi connectivity index (χ0) is 13.2. The van der Waals surface area contributed by atoms with E-state index in [1.807, 2.05) is 0 Å². The van der Waals surface area contributed by atoms with Gasteiger partial charge < -0.3 is 15.0 Å². The summed E-state index contributed by atoms with van der Waals surface area (Å²) in [6.07, 6.45) is 3.67. The molecule has 2 N–H and O–H groups in total. The minimum absolute atomic E-state index is 0.451. The monoisotopic (exact) mass is 258 g/mol. The molecule has 0 aliphatic heterocycles. The van der Waals surface area contributed by atoms with Crippen LogP contribution in [0, 0.1) is 6.92 Å². The predicted molar refractivity (Wildman–Crippen MR) is 78.6 cm³/mol. The first kappa shape index (κ1) is 12.7. The lowest BCUT2D eigenvalue weighted by molar-refractivity contribution is 0.194. The number of aryl methyl sites for hydroxylation is 2. The summed E-state index contributed by atoms with van der Waals surface area (Å²) < 4.78 is 5.12. The third-order valence-corrected chi connectivity index (χ3v) is 4.06. The van der Waals surface area contributed by atoms with E-state index in [2.05, 4.69) is 35.4 Å². The van der Waals surface area contributed by atoms with Crippen LogP contribution in [0.1, 0.15) is 35.7 Å². The van der Waals surface area contributed by atoms with E-state index in [-0.39, 0.29) is 0 Å². The molecule has 0 saturated heterocycles. The van der Waals surface area contributed by atoms with Gasteiger partial charge in [-0.25, -0.2) is 0 Å². The summed E-state index contributed by atoms with van der Waals surface area (Å²) in [5, 5.41) is 5.01. The highest BCUT2D eigenvalue weighted by molar-refractivity contribution is 5.85. The van der Waals surface area contributed by atoms with Crippen molar-refractivity contribution in [3.05, 3.63) is 35.0 Å². The van der Waals surface area contributed by atoms with Crippen LogP contribution in [0.4, 0.5) is 0 Å². The standard InChI is InChI=1S/C16H22N2O/c1-11-6-7-14-13(10-11)12-4-3-5-15(16(12)18-14)17-8-9-19-2/h6-7,10,15,17-18H,3-5,8-9H2,1-2H3/t15-/m0/s1. The van der Waals surface area contributed by atoms with Crippen molar-refractivity contribution in [2.24, 2.45) is 0 Å². The number of rotatable bonds is 4. The number of aromatic amines is 1. The quantitative estimate of drug-likeness (QED) is 0.827. The molecule has 0 fully saturated rings. The molecule has 1 aliphatic carbocycles. The van der Waals surface area contributed by atoms with E-state index in [9.17, 15) is 0 Å². The van der Waals surface area contributed by atoms with Crippen molar-refractivity contribution in [2.75, 3.05) is 20.3 Å². The van der Waals surface area contributed by atoms with Gasteiger partial charge in [0, 0.05) is 36.3 Å². The van der Waals surface area contributed by atoms with Crippen LogP contribution < -0.4 is 5.32 Å². The van der Waals surface area contributed by atoms with E-state index in [4.69, 9.17) is 4.74 Å². The SMILES string of the molecule is COCCN[C@H]1CCCc2c1[nH]c1ccc(C)cc21. The van der Waals surface area contributed by atoms with Gasteiger partial charge >= 0.3 is 0 Å². The van der Waals surface area contributed by atoms with Gasteiger partial charge in [0.25, 0.3) is 0 Å². The van der Waals surface area contributed by atoms with Crippen molar-refractivity contribution in [1.82, 2.24) is 10.3 Å². The first-order chi connectivity index (χ1) is 9.29. The number of hydrogen-bond acceptors (Lipinski definition) is 2. The number of fused-ring (bicyclic) bond motifs is 3. The van der Waals surface area contributed by atoms with Crippen molar-refractivity contribution in [2.45, 2.75) is 32.2 Å². The van der Waals surface area contributed by atoms with Gasteiger partial charge in [-0.2, -0.15) is 0 Å². The average Bonchev–Trinajstić information content (AvgIpc) is 2.78. The van der Waals surface area contributed by atoms with Gasteiger partial charge in [-0.3, -0.25) is 0 Å². The zero-order valence-electron chi connectivity index (χ0n) is 11.8. The van der Waals surface area contributed by atoms with Crippen LogP contribution in [0.25, 0.3) is 10.9 Å². The van der Waals surface area contributed by atoms with Crippen molar-refractivity contribution in [3.63, 3.8) is 0 Å². The van der Waals surface area contributed by atoms with Crippen LogP contribution in [0.2, 0.25) is 0 Å². The molecular formula is C16H22N2O. The molecule has 102 valence electrons. The Morgan fingerprint density at radius 3 is 3.16 bits per heavy atom. The van der Waals surface area contributed by atoms with E-state index >= 15 is 0 Å². The van der Waals surface area contributed by atoms with Gasteiger partial charge in [-0.1, -0.05) is 11.6 Å². The van der Waals surface area contributed by atoms with Crippen LogP contribution in [-0.2, 0) is 11.2 Å². The Labute approximate surface area is 114 Å². The lowest BCUT2D eigenvalue weighted by Gasteiger charge is -2.23. The smallest absolute Gasteiger partial charge is 0.0587 e. The van der Waals surface area contributed by atoms with Gasteiger partial charge in [-0.15, -0.1) is 0 Å². The molecular weight excluding hydrogens is 236 g/mol. The summed E-state index contributed by atoms with van der Waals surface area (Å²) in [6.45, 7) is 3.84. The van der Waals surface area contributed by atoms with Gasteiger partial charge in [0.05, 0.1) is 6.61 Å². The molecule has 2 aromatic rings. The molecule has 3 heteroatoms. The summed E-state index contributed by atoms with van der Waals surface area (Å²) in [5.41, 5.74) is 5.52. The fourth-order valence-electron chi connectivity index (χ4n) is 3.12. The number of benzene rings is 1. The Bertz CT molecular complexity index is 573. The van der Waals surface area contributed by atoms with Crippen LogP contribution in [0.3, 0.4) is 0 Å². The third kappa shape index (κ3) is 2.40. The van der Waals surface area contributed by atoms with E-state index in [0.717, 1.165) is 13.2 Å². The van der Waals surface area contributed by atoms with Crippen molar-refractivity contribution < 1.29 is 4.74 Å². The highest BCUT2D eigenvalue weighted by atomic mass is 16.5. The highest BCUT2D eigenvalue weighted by Crippen LogP contribution is 2.34. The zero-order valence-corrected chi connectivity index (χ0v) is 11.8. The maximum absolute atomic E-state index is 5.12. The average molecular weight is 258 g/mol. The van der Waals surface area contributed by atoms with Crippen LogP contribution in [0.15, 0.2) is 18.2 Å². The van der Waals surface area contributed by atoms with E-state index < -0.39 is 0 Å². The van der Waals surface area contributed by atoms with Crippen LogP contribution >= 0.6 is 0 Å². The predicted octanol–water partition coefficient (Wildman–Crippen LogP) is 3.09. The largest absolute Gasteiger partial charge is 0.383 e. The van der Waals surface area contributed by atoms with Crippen molar-refractivity contribution >= 4 is 10.9 Å². The number of ether oxygens (including phenoxy) is 1. The lowest BCUT2D eigenvalue weighted by atomic mass is 9.91. The minimum atomic E-state index is 0.451. The number of hydrogen-bond donors (Lipinski definition) is 2. The maximum atomic E-state index is 5.12. The Hall–Kier alpha value is -1.32. The molecule has 3 nitrogen and oxygen atoms in total. The van der Waals surface area contributed by atoms with Gasteiger partial charge in [0.15, 0.2) is 0 Å². The van der Waals surface area contributed by atoms with E-state index in [0.29, 0.717) is 6.04 Å². The number of H-pyrrole nitrogens is 1. The minimum Gasteiger partial charge on any atom is -0.383 e. The Morgan fingerprint density at radius 1 is 1.42 bits per heavy atom. The van der Waals surface area contributed by atoms with Crippen molar-refractivity contribution in [1.29, 1.82) is 0 Å². The molecule has 0 bridgehead atoms. The molecule has 1 aromatic heterocycles. The van der Waals surface area contributed by atoms with Gasteiger partial charge in [-0.05, 0) is 43.9 Å². The topological polar surface area (TPSA) is 37.0 Å². The number of aromatic nitrogens is 1.